The smallest absolute Gasteiger partial charge is 0.374 e. The summed E-state index contributed by atoms with van der Waals surface area (Å²) in [4.78, 5) is 8.10. The van der Waals surface area contributed by atoms with E-state index in [1.807, 2.05) is 0 Å². The summed E-state index contributed by atoms with van der Waals surface area (Å²) in [7, 11) is -2.81. The van der Waals surface area contributed by atoms with Gasteiger partial charge in [0, 0.05) is 25.9 Å². The molecule has 0 fully saturated rings. The van der Waals surface area contributed by atoms with Gasteiger partial charge in [-0.1, -0.05) is 41.5 Å². The molecular formula is C32H71N3O3Si. The quantitative estimate of drug-likeness (QED) is 0.0860. The third kappa shape index (κ3) is 16.9. The highest BCUT2D eigenvalue weighted by Crippen LogP contribution is 2.42. The van der Waals surface area contributed by atoms with Crippen LogP contribution in [-0.2, 0) is 13.3 Å². The van der Waals surface area contributed by atoms with Crippen LogP contribution in [0.5, 0.6) is 0 Å². The molecule has 0 radical (unpaired) electrons. The van der Waals surface area contributed by atoms with E-state index in [4.69, 9.17) is 13.3 Å². The minimum absolute atomic E-state index is 0.130. The summed E-state index contributed by atoms with van der Waals surface area (Å²) in [6, 6.07) is 0.930. The van der Waals surface area contributed by atoms with Gasteiger partial charge in [0.1, 0.15) is 0 Å². The van der Waals surface area contributed by atoms with Crippen LogP contribution < -0.4 is 0 Å². The number of rotatable bonds is 29. The Labute approximate surface area is 246 Å². The molecule has 0 unspecified atom stereocenters. The third-order valence-corrected chi connectivity index (χ3v) is 11.2. The fourth-order valence-electron chi connectivity index (χ4n) is 6.13. The average Bonchev–Trinajstić information content (AvgIpc) is 2.90. The Morgan fingerprint density at radius 3 is 0.872 bits per heavy atom. The van der Waals surface area contributed by atoms with E-state index < -0.39 is 8.80 Å². The molecule has 236 valence electrons. The van der Waals surface area contributed by atoms with Crippen molar-refractivity contribution in [2.45, 2.75) is 126 Å². The topological polar surface area (TPSA) is 37.4 Å². The Hall–Kier alpha value is -0.0231. The number of hydrogen-bond acceptors (Lipinski definition) is 6. The van der Waals surface area contributed by atoms with E-state index in [-0.39, 0.29) is 5.41 Å². The van der Waals surface area contributed by atoms with Gasteiger partial charge in [-0.05, 0) is 143 Å². The van der Waals surface area contributed by atoms with E-state index in [9.17, 15) is 0 Å². The van der Waals surface area contributed by atoms with Crippen molar-refractivity contribution in [2.24, 2.45) is 5.41 Å². The van der Waals surface area contributed by atoms with Crippen molar-refractivity contribution < 1.29 is 13.3 Å². The maximum absolute atomic E-state index is 6.53. The summed E-state index contributed by atoms with van der Waals surface area (Å²) in [6.45, 7) is 32.7. The first-order chi connectivity index (χ1) is 18.9. The summed E-state index contributed by atoms with van der Waals surface area (Å²) >= 11 is 0. The van der Waals surface area contributed by atoms with E-state index in [0.29, 0.717) is 19.8 Å². The van der Waals surface area contributed by atoms with Gasteiger partial charge in [-0.25, -0.2) is 0 Å². The zero-order valence-electron chi connectivity index (χ0n) is 28.1. The molecule has 0 spiro atoms. The van der Waals surface area contributed by atoms with Gasteiger partial charge in [0.25, 0.3) is 0 Å². The van der Waals surface area contributed by atoms with Gasteiger partial charge in [0.15, 0.2) is 0 Å². The van der Waals surface area contributed by atoms with Crippen molar-refractivity contribution in [3.8, 4) is 0 Å². The van der Waals surface area contributed by atoms with Crippen LogP contribution in [0, 0.1) is 5.41 Å². The fourth-order valence-corrected chi connectivity index (χ4v) is 9.45. The molecular weight excluding hydrogens is 502 g/mol. The van der Waals surface area contributed by atoms with Crippen molar-refractivity contribution in [2.75, 3.05) is 78.7 Å². The van der Waals surface area contributed by atoms with Crippen molar-refractivity contribution >= 4 is 8.80 Å². The molecule has 0 amide bonds. The minimum Gasteiger partial charge on any atom is -0.374 e. The molecule has 0 bridgehead atoms. The van der Waals surface area contributed by atoms with E-state index in [1.54, 1.807) is 0 Å². The van der Waals surface area contributed by atoms with Crippen LogP contribution in [0.1, 0.15) is 120 Å². The maximum atomic E-state index is 6.53. The molecule has 0 saturated heterocycles. The third-order valence-electron chi connectivity index (χ3n) is 7.80. The fraction of sp³-hybridized carbons (Fsp3) is 1.00. The summed E-state index contributed by atoms with van der Waals surface area (Å²) in [5.74, 6) is 0. The average molecular weight is 574 g/mol. The molecule has 0 aliphatic heterocycles. The van der Waals surface area contributed by atoms with E-state index in [1.165, 1.54) is 97.1 Å². The lowest BCUT2D eigenvalue weighted by Crippen LogP contribution is -2.51. The lowest BCUT2D eigenvalue weighted by Gasteiger charge is -2.43. The normalized spacial score (nSPS) is 12.9. The van der Waals surface area contributed by atoms with Gasteiger partial charge < -0.3 is 28.0 Å². The molecule has 0 aromatic carbocycles. The van der Waals surface area contributed by atoms with E-state index in [0.717, 1.165) is 25.7 Å². The predicted octanol–water partition coefficient (Wildman–Crippen LogP) is 7.56. The Bertz CT molecular complexity index is 455. The molecule has 7 heteroatoms. The molecule has 0 aromatic rings. The molecule has 0 aliphatic rings. The van der Waals surface area contributed by atoms with Gasteiger partial charge in [-0.3, -0.25) is 0 Å². The van der Waals surface area contributed by atoms with Crippen LogP contribution in [-0.4, -0.2) is 102 Å². The van der Waals surface area contributed by atoms with Gasteiger partial charge >= 0.3 is 8.80 Å². The minimum atomic E-state index is -2.81. The lowest BCUT2D eigenvalue weighted by atomic mass is 9.79. The highest BCUT2D eigenvalue weighted by molar-refractivity contribution is 6.60. The van der Waals surface area contributed by atoms with Crippen LogP contribution in [0.4, 0.5) is 0 Å². The lowest BCUT2D eigenvalue weighted by molar-refractivity contribution is 0.0461. The molecule has 0 saturated carbocycles. The highest BCUT2D eigenvalue weighted by atomic mass is 28.4. The second-order valence-electron chi connectivity index (χ2n) is 11.4. The molecule has 0 N–H and O–H groups in total. The number of hydrogen-bond donors (Lipinski definition) is 0. The second-order valence-corrected chi connectivity index (χ2v) is 14.0. The largest absolute Gasteiger partial charge is 0.501 e. The van der Waals surface area contributed by atoms with Crippen molar-refractivity contribution in [3.05, 3.63) is 0 Å². The number of nitrogens with zero attached hydrogens (tertiary/aromatic N) is 3. The van der Waals surface area contributed by atoms with Gasteiger partial charge in [0.05, 0.1) is 0 Å². The molecule has 0 atom stereocenters. The summed E-state index contributed by atoms with van der Waals surface area (Å²) in [5, 5.41) is 0. The van der Waals surface area contributed by atoms with Crippen LogP contribution in [0.3, 0.4) is 0 Å². The van der Waals surface area contributed by atoms with Crippen molar-refractivity contribution in [3.63, 3.8) is 0 Å². The first-order valence-corrected chi connectivity index (χ1v) is 18.9. The zero-order chi connectivity index (χ0) is 29.4. The first kappa shape index (κ1) is 39.0. The van der Waals surface area contributed by atoms with Gasteiger partial charge in [-0.15, -0.1) is 0 Å². The van der Waals surface area contributed by atoms with Crippen LogP contribution in [0.25, 0.3) is 0 Å². The van der Waals surface area contributed by atoms with Crippen LogP contribution in [0.15, 0.2) is 0 Å². The Morgan fingerprint density at radius 2 is 0.667 bits per heavy atom. The molecule has 0 heterocycles. The molecule has 39 heavy (non-hydrogen) atoms. The van der Waals surface area contributed by atoms with Crippen molar-refractivity contribution in [1.29, 1.82) is 0 Å². The highest BCUT2D eigenvalue weighted by Gasteiger charge is 2.49. The monoisotopic (exact) mass is 574 g/mol. The summed E-state index contributed by atoms with van der Waals surface area (Å²) in [6.07, 6.45) is 10.8. The van der Waals surface area contributed by atoms with Gasteiger partial charge in [0.2, 0.25) is 0 Å². The predicted molar refractivity (Wildman–Crippen MR) is 173 cm³/mol. The summed E-state index contributed by atoms with van der Waals surface area (Å²) < 4.78 is 19.6. The van der Waals surface area contributed by atoms with Crippen LogP contribution in [0.2, 0.25) is 6.04 Å². The SMILES string of the molecule is CCCN(CCC)CCC(CCN(CCC)CCC)(CCN(CCC)CCC)C[Si](OCC)(OCC)OCC. The standard InChI is InChI=1S/C32H71N3O3Si/c1-10-22-33(23-11-2)28-19-32(20-29-34(24-12-3)25-13-4,21-30-35(26-14-5)27-15-6)31-39(36-16-7,37-17-8)38-18-9/h10-31H2,1-9H3. The Balaban J connectivity index is 6.47. The molecule has 6 nitrogen and oxygen atoms in total. The van der Waals surface area contributed by atoms with Crippen molar-refractivity contribution in [1.82, 2.24) is 14.7 Å². The first-order valence-electron chi connectivity index (χ1n) is 17.0. The van der Waals surface area contributed by atoms with Crippen LogP contribution >= 0.6 is 0 Å². The zero-order valence-corrected chi connectivity index (χ0v) is 29.1. The van der Waals surface area contributed by atoms with E-state index >= 15 is 0 Å². The maximum Gasteiger partial charge on any atom is 0.501 e. The molecule has 0 aromatic heterocycles. The molecule has 0 aliphatic carbocycles. The van der Waals surface area contributed by atoms with E-state index in [2.05, 4.69) is 77.0 Å². The Morgan fingerprint density at radius 1 is 0.410 bits per heavy atom. The summed E-state index contributed by atoms with van der Waals surface area (Å²) in [5.41, 5.74) is 0.130. The van der Waals surface area contributed by atoms with Gasteiger partial charge in [-0.2, -0.15) is 0 Å². The second kappa shape index (κ2) is 24.6. The Kier molecular flexibility index (Phi) is 24.5. The molecule has 0 rings (SSSR count).